The van der Waals surface area contributed by atoms with Gasteiger partial charge in [-0.1, -0.05) is 12.1 Å². The third-order valence-corrected chi connectivity index (χ3v) is 3.48. The number of benzene rings is 1. The van der Waals surface area contributed by atoms with Gasteiger partial charge in [-0.05, 0) is 12.1 Å². The summed E-state index contributed by atoms with van der Waals surface area (Å²) < 4.78 is 7.02. The molecular weight excluding hydrogens is 268 g/mol. The Hall–Kier alpha value is -2.08. The largest absolute Gasteiger partial charge is 0.383 e. The Kier molecular flexibility index (Phi) is 5.16. The van der Waals surface area contributed by atoms with Crippen molar-refractivity contribution in [2.45, 2.75) is 6.42 Å². The number of methoxy groups -OCH3 is 1. The summed E-state index contributed by atoms with van der Waals surface area (Å²) in [5.74, 6) is 0.969. The molecule has 0 aliphatic carbocycles. The number of carbonyl (C=O) groups is 1. The average molecular weight is 290 g/mol. The van der Waals surface area contributed by atoms with Crippen LogP contribution in [0.1, 0.15) is 5.82 Å². The standard InChI is InChI=1S/C15H22N4O2/c1-18(10-11-21-3)15(20)16-9-8-14-17-12-6-4-5-7-13(12)19(14)2/h4-7H,8-11H2,1-3H3,(H,16,20). The molecule has 6 nitrogen and oxygen atoms in total. The summed E-state index contributed by atoms with van der Waals surface area (Å²) >= 11 is 0. The number of hydrogen-bond acceptors (Lipinski definition) is 3. The van der Waals surface area contributed by atoms with Gasteiger partial charge in [-0.15, -0.1) is 0 Å². The molecule has 114 valence electrons. The van der Waals surface area contributed by atoms with Gasteiger partial charge in [0, 0.05) is 40.7 Å². The fraction of sp³-hybridized carbons (Fsp3) is 0.467. The monoisotopic (exact) mass is 290 g/mol. The molecule has 2 rings (SSSR count). The van der Waals surface area contributed by atoms with Crippen LogP contribution in [0.2, 0.25) is 0 Å². The second-order valence-electron chi connectivity index (χ2n) is 4.97. The van der Waals surface area contributed by atoms with Crippen molar-refractivity contribution < 1.29 is 9.53 Å². The lowest BCUT2D eigenvalue weighted by atomic mass is 10.3. The minimum Gasteiger partial charge on any atom is -0.383 e. The molecule has 21 heavy (non-hydrogen) atoms. The molecule has 1 heterocycles. The second kappa shape index (κ2) is 7.08. The van der Waals surface area contributed by atoms with E-state index in [0.717, 1.165) is 16.9 Å². The molecule has 0 bridgehead atoms. The smallest absolute Gasteiger partial charge is 0.317 e. The van der Waals surface area contributed by atoms with Gasteiger partial charge in [0.15, 0.2) is 0 Å². The summed E-state index contributed by atoms with van der Waals surface area (Å²) in [4.78, 5) is 18.0. The Bertz CT molecular complexity index is 609. The number of carbonyl (C=O) groups excluding carboxylic acids is 1. The van der Waals surface area contributed by atoms with Gasteiger partial charge in [-0.2, -0.15) is 0 Å². The molecular formula is C15H22N4O2. The zero-order valence-corrected chi connectivity index (χ0v) is 12.8. The number of ether oxygens (including phenoxy) is 1. The van der Waals surface area contributed by atoms with E-state index in [-0.39, 0.29) is 6.03 Å². The number of aryl methyl sites for hydroxylation is 1. The van der Waals surface area contributed by atoms with Crippen molar-refractivity contribution in [1.29, 1.82) is 0 Å². The van der Waals surface area contributed by atoms with Crippen molar-refractivity contribution >= 4 is 17.1 Å². The van der Waals surface area contributed by atoms with Crippen LogP contribution in [-0.2, 0) is 18.2 Å². The van der Waals surface area contributed by atoms with Gasteiger partial charge in [-0.3, -0.25) is 0 Å². The Morgan fingerprint density at radius 3 is 2.90 bits per heavy atom. The van der Waals surface area contributed by atoms with Gasteiger partial charge < -0.3 is 19.5 Å². The van der Waals surface area contributed by atoms with Gasteiger partial charge >= 0.3 is 6.03 Å². The zero-order valence-electron chi connectivity index (χ0n) is 12.8. The molecule has 1 N–H and O–H groups in total. The van der Waals surface area contributed by atoms with Crippen LogP contribution in [0.5, 0.6) is 0 Å². The fourth-order valence-electron chi connectivity index (χ4n) is 2.16. The molecule has 0 radical (unpaired) electrons. The predicted octanol–water partition coefficient (Wildman–Crippen LogP) is 1.40. The van der Waals surface area contributed by atoms with E-state index in [2.05, 4.69) is 14.9 Å². The van der Waals surface area contributed by atoms with Gasteiger partial charge in [0.05, 0.1) is 17.6 Å². The van der Waals surface area contributed by atoms with Crippen LogP contribution in [0.4, 0.5) is 4.79 Å². The molecule has 0 spiro atoms. The Labute approximate surface area is 124 Å². The van der Waals surface area contributed by atoms with Gasteiger partial charge in [0.1, 0.15) is 5.82 Å². The van der Waals surface area contributed by atoms with Crippen molar-refractivity contribution in [2.24, 2.45) is 7.05 Å². The van der Waals surface area contributed by atoms with E-state index in [1.54, 1.807) is 19.1 Å². The molecule has 0 saturated heterocycles. The summed E-state index contributed by atoms with van der Waals surface area (Å²) in [5.41, 5.74) is 2.09. The number of imidazole rings is 1. The summed E-state index contributed by atoms with van der Waals surface area (Å²) in [6.45, 7) is 1.68. The summed E-state index contributed by atoms with van der Waals surface area (Å²) in [6.07, 6.45) is 0.703. The molecule has 1 aromatic carbocycles. The quantitative estimate of drug-likeness (QED) is 0.875. The van der Waals surface area contributed by atoms with Crippen LogP contribution < -0.4 is 5.32 Å². The van der Waals surface area contributed by atoms with Crippen LogP contribution >= 0.6 is 0 Å². The van der Waals surface area contributed by atoms with E-state index >= 15 is 0 Å². The van der Waals surface area contributed by atoms with Crippen LogP contribution in [0.3, 0.4) is 0 Å². The van der Waals surface area contributed by atoms with E-state index in [0.29, 0.717) is 26.1 Å². The summed E-state index contributed by atoms with van der Waals surface area (Å²) in [7, 11) is 5.37. The number of rotatable bonds is 6. The number of urea groups is 1. The van der Waals surface area contributed by atoms with Crippen LogP contribution in [0.15, 0.2) is 24.3 Å². The molecule has 0 aliphatic rings. The fourth-order valence-corrected chi connectivity index (χ4v) is 2.16. The molecule has 2 amide bonds. The van der Waals surface area contributed by atoms with Gasteiger partial charge in [0.25, 0.3) is 0 Å². The number of fused-ring (bicyclic) bond motifs is 1. The van der Waals surface area contributed by atoms with Crippen LogP contribution in [0.25, 0.3) is 11.0 Å². The van der Waals surface area contributed by atoms with Crippen molar-refractivity contribution in [2.75, 3.05) is 33.9 Å². The minimum atomic E-state index is -0.0918. The molecule has 0 saturated carbocycles. The first kappa shape index (κ1) is 15.3. The van der Waals surface area contributed by atoms with Crippen LogP contribution in [-0.4, -0.2) is 54.3 Å². The maximum absolute atomic E-state index is 11.8. The number of para-hydroxylation sites is 2. The van der Waals surface area contributed by atoms with E-state index in [1.165, 1.54) is 0 Å². The Morgan fingerprint density at radius 2 is 2.19 bits per heavy atom. The first-order valence-corrected chi connectivity index (χ1v) is 7.01. The topological polar surface area (TPSA) is 59.4 Å². The van der Waals surface area contributed by atoms with Crippen molar-refractivity contribution in [1.82, 2.24) is 19.8 Å². The molecule has 0 aliphatic heterocycles. The highest BCUT2D eigenvalue weighted by Gasteiger charge is 2.09. The number of likely N-dealkylation sites (N-methyl/N-ethyl adjacent to an activating group) is 1. The summed E-state index contributed by atoms with van der Waals surface area (Å²) in [5, 5.41) is 2.89. The molecule has 2 aromatic rings. The summed E-state index contributed by atoms with van der Waals surface area (Å²) in [6, 6.07) is 7.93. The van der Waals surface area contributed by atoms with E-state index < -0.39 is 0 Å². The predicted molar refractivity (Wildman–Crippen MR) is 82.3 cm³/mol. The minimum absolute atomic E-state index is 0.0918. The van der Waals surface area contributed by atoms with E-state index in [4.69, 9.17) is 4.74 Å². The van der Waals surface area contributed by atoms with E-state index in [9.17, 15) is 4.79 Å². The van der Waals surface area contributed by atoms with Gasteiger partial charge in [-0.25, -0.2) is 9.78 Å². The maximum Gasteiger partial charge on any atom is 0.317 e. The lowest BCUT2D eigenvalue weighted by Gasteiger charge is -2.17. The highest BCUT2D eigenvalue weighted by Crippen LogP contribution is 2.14. The zero-order chi connectivity index (χ0) is 15.2. The average Bonchev–Trinajstić information content (AvgIpc) is 2.81. The molecule has 0 fully saturated rings. The number of nitrogens with one attached hydrogen (secondary N) is 1. The molecule has 0 atom stereocenters. The Morgan fingerprint density at radius 1 is 1.43 bits per heavy atom. The lowest BCUT2D eigenvalue weighted by Crippen LogP contribution is -2.39. The molecule has 0 unspecified atom stereocenters. The van der Waals surface area contributed by atoms with Crippen molar-refractivity contribution in [3.63, 3.8) is 0 Å². The normalized spacial score (nSPS) is 10.8. The van der Waals surface area contributed by atoms with Crippen molar-refractivity contribution in [3.05, 3.63) is 30.1 Å². The third-order valence-electron chi connectivity index (χ3n) is 3.48. The first-order valence-electron chi connectivity index (χ1n) is 7.01. The highest BCUT2D eigenvalue weighted by molar-refractivity contribution is 5.76. The third kappa shape index (κ3) is 3.72. The molecule has 6 heteroatoms. The van der Waals surface area contributed by atoms with Crippen LogP contribution in [0, 0.1) is 0 Å². The first-order chi connectivity index (χ1) is 10.1. The van der Waals surface area contributed by atoms with Crippen molar-refractivity contribution in [3.8, 4) is 0 Å². The lowest BCUT2D eigenvalue weighted by molar-refractivity contribution is 0.159. The molecule has 1 aromatic heterocycles. The number of hydrogen-bond donors (Lipinski definition) is 1. The number of aromatic nitrogens is 2. The maximum atomic E-state index is 11.8. The Balaban J connectivity index is 1.87. The highest BCUT2D eigenvalue weighted by atomic mass is 16.5. The number of nitrogens with zero attached hydrogens (tertiary/aromatic N) is 3. The second-order valence-corrected chi connectivity index (χ2v) is 4.97. The number of amides is 2. The van der Waals surface area contributed by atoms with E-state index in [1.807, 2.05) is 31.3 Å². The SMILES string of the molecule is COCCN(C)C(=O)NCCc1nc2ccccc2n1C. The van der Waals surface area contributed by atoms with Gasteiger partial charge in [0.2, 0.25) is 0 Å².